The van der Waals surface area contributed by atoms with Gasteiger partial charge in [0.2, 0.25) is 11.8 Å². The number of benzene rings is 2. The molecule has 3 heterocycles. The minimum absolute atomic E-state index is 0.0777. The molecule has 2 amide bonds. The summed E-state index contributed by atoms with van der Waals surface area (Å²) in [5, 5.41) is 7.95. The largest absolute Gasteiger partial charge is 0.374 e. The first-order chi connectivity index (χ1) is 16.6. The highest BCUT2D eigenvalue weighted by atomic mass is 35.5. The summed E-state index contributed by atoms with van der Waals surface area (Å²) in [5.41, 5.74) is 2.95. The lowest BCUT2D eigenvalue weighted by atomic mass is 10.0. The van der Waals surface area contributed by atoms with Crippen LogP contribution in [0.4, 0.5) is 0 Å². The third kappa shape index (κ3) is 4.99. The Morgan fingerprint density at radius 3 is 2.74 bits per heavy atom. The van der Waals surface area contributed by atoms with E-state index in [9.17, 15) is 9.59 Å². The Morgan fingerprint density at radius 2 is 1.91 bits per heavy atom. The van der Waals surface area contributed by atoms with Gasteiger partial charge in [0.15, 0.2) is 0 Å². The SMILES string of the molecule is O=C1N[C@@H](COCc2ccccc2)C(=O)N2CCN(Cc3cnn(-c4cccc(Cl)c4)c3)C[C@H]12. The maximum Gasteiger partial charge on any atom is 0.248 e. The molecule has 0 bridgehead atoms. The molecule has 8 nitrogen and oxygen atoms in total. The summed E-state index contributed by atoms with van der Waals surface area (Å²) in [5.74, 6) is -0.210. The van der Waals surface area contributed by atoms with Crippen LogP contribution >= 0.6 is 11.6 Å². The third-order valence-electron chi connectivity index (χ3n) is 6.18. The molecule has 1 N–H and O–H groups in total. The van der Waals surface area contributed by atoms with Gasteiger partial charge in [-0.05, 0) is 23.8 Å². The van der Waals surface area contributed by atoms with Crippen LogP contribution in [0.1, 0.15) is 11.1 Å². The Balaban J connectivity index is 1.16. The summed E-state index contributed by atoms with van der Waals surface area (Å²) in [6, 6.07) is 16.1. The van der Waals surface area contributed by atoms with Gasteiger partial charge in [0.25, 0.3) is 0 Å². The maximum atomic E-state index is 13.0. The van der Waals surface area contributed by atoms with Crippen molar-refractivity contribution in [3.05, 3.63) is 83.1 Å². The smallest absolute Gasteiger partial charge is 0.248 e. The number of aromatic nitrogens is 2. The van der Waals surface area contributed by atoms with Crippen LogP contribution < -0.4 is 5.32 Å². The van der Waals surface area contributed by atoms with E-state index in [0.29, 0.717) is 37.8 Å². The Kier molecular flexibility index (Phi) is 6.62. The van der Waals surface area contributed by atoms with Crippen LogP contribution in [0.25, 0.3) is 5.69 Å². The number of ether oxygens (including phenoxy) is 1. The normalized spacial score (nSPS) is 20.8. The molecule has 1 aromatic heterocycles. The van der Waals surface area contributed by atoms with Gasteiger partial charge in [0.05, 0.1) is 25.1 Å². The van der Waals surface area contributed by atoms with Crippen molar-refractivity contribution in [1.29, 1.82) is 0 Å². The molecule has 0 spiro atoms. The summed E-state index contributed by atoms with van der Waals surface area (Å²) in [7, 11) is 0. The van der Waals surface area contributed by atoms with Gasteiger partial charge < -0.3 is 15.0 Å². The van der Waals surface area contributed by atoms with E-state index in [1.165, 1.54) is 0 Å². The summed E-state index contributed by atoms with van der Waals surface area (Å²) < 4.78 is 7.50. The third-order valence-corrected chi connectivity index (χ3v) is 6.41. The minimum atomic E-state index is -0.644. The molecule has 0 aliphatic carbocycles. The Labute approximate surface area is 203 Å². The quantitative estimate of drug-likeness (QED) is 0.562. The number of hydrogen-bond donors (Lipinski definition) is 1. The van der Waals surface area contributed by atoms with Crippen molar-refractivity contribution < 1.29 is 14.3 Å². The van der Waals surface area contributed by atoms with Crippen LogP contribution in [0.3, 0.4) is 0 Å². The molecule has 0 unspecified atom stereocenters. The van der Waals surface area contributed by atoms with Crippen molar-refractivity contribution in [2.45, 2.75) is 25.2 Å². The summed E-state index contributed by atoms with van der Waals surface area (Å²) in [6.45, 7) is 2.90. The van der Waals surface area contributed by atoms with Crippen LogP contribution in [0.5, 0.6) is 0 Å². The van der Waals surface area contributed by atoms with E-state index in [2.05, 4.69) is 15.3 Å². The predicted octanol–water partition coefficient (Wildman–Crippen LogP) is 2.25. The molecular formula is C25H26ClN5O3. The zero-order valence-electron chi connectivity index (χ0n) is 18.6. The van der Waals surface area contributed by atoms with E-state index in [1.807, 2.05) is 67.0 Å². The number of carbonyl (C=O) groups is 2. The van der Waals surface area contributed by atoms with Crippen LogP contribution in [0.15, 0.2) is 67.0 Å². The molecule has 2 aliphatic rings. The Hall–Kier alpha value is -3.20. The molecule has 176 valence electrons. The Morgan fingerprint density at radius 1 is 1.06 bits per heavy atom. The van der Waals surface area contributed by atoms with Crippen LogP contribution in [0, 0.1) is 0 Å². The van der Waals surface area contributed by atoms with Gasteiger partial charge in [-0.15, -0.1) is 0 Å². The average Bonchev–Trinajstić information content (AvgIpc) is 3.31. The molecule has 2 aromatic carbocycles. The molecule has 0 saturated carbocycles. The fourth-order valence-electron chi connectivity index (χ4n) is 4.44. The molecule has 5 rings (SSSR count). The predicted molar refractivity (Wildman–Crippen MR) is 127 cm³/mol. The number of hydrogen-bond acceptors (Lipinski definition) is 5. The molecule has 34 heavy (non-hydrogen) atoms. The number of halogens is 1. The van der Waals surface area contributed by atoms with Gasteiger partial charge in [-0.25, -0.2) is 4.68 Å². The minimum Gasteiger partial charge on any atom is -0.374 e. The molecular weight excluding hydrogens is 454 g/mol. The first-order valence-corrected chi connectivity index (χ1v) is 11.7. The molecule has 2 fully saturated rings. The lowest BCUT2D eigenvalue weighted by molar-refractivity contribution is -0.155. The van der Waals surface area contributed by atoms with E-state index in [4.69, 9.17) is 16.3 Å². The molecule has 2 saturated heterocycles. The van der Waals surface area contributed by atoms with Crippen molar-refractivity contribution in [2.75, 3.05) is 26.2 Å². The first-order valence-electron chi connectivity index (χ1n) is 11.3. The van der Waals surface area contributed by atoms with Crippen molar-refractivity contribution in [2.24, 2.45) is 0 Å². The highest BCUT2D eigenvalue weighted by molar-refractivity contribution is 6.30. The standard InChI is InChI=1S/C25H26ClN5O3/c26-20-7-4-8-21(11-20)31-14-19(12-27-31)13-29-9-10-30-23(15-29)24(32)28-22(25(30)33)17-34-16-18-5-2-1-3-6-18/h1-8,11-12,14,22-23H,9-10,13,15-17H2,(H,28,32)/t22-,23+/m0/s1. The second-order valence-electron chi connectivity index (χ2n) is 8.62. The second kappa shape index (κ2) is 9.97. The van der Waals surface area contributed by atoms with E-state index < -0.39 is 12.1 Å². The number of amides is 2. The van der Waals surface area contributed by atoms with E-state index >= 15 is 0 Å². The fourth-order valence-corrected chi connectivity index (χ4v) is 4.63. The number of fused-ring (bicyclic) bond motifs is 1. The summed E-state index contributed by atoms with van der Waals surface area (Å²) in [4.78, 5) is 29.7. The lowest BCUT2D eigenvalue weighted by Crippen LogP contribution is -2.69. The average molecular weight is 480 g/mol. The fraction of sp³-hybridized carbons (Fsp3) is 0.320. The van der Waals surface area contributed by atoms with Crippen molar-refractivity contribution in [1.82, 2.24) is 24.9 Å². The lowest BCUT2D eigenvalue weighted by Gasteiger charge is -2.45. The van der Waals surface area contributed by atoms with E-state index in [0.717, 1.165) is 16.8 Å². The van der Waals surface area contributed by atoms with Crippen LogP contribution in [-0.4, -0.2) is 69.7 Å². The van der Waals surface area contributed by atoms with Gasteiger partial charge in [0, 0.05) is 43.0 Å². The highest BCUT2D eigenvalue weighted by Crippen LogP contribution is 2.20. The number of piperazine rings is 2. The molecule has 2 aliphatic heterocycles. The van der Waals surface area contributed by atoms with Gasteiger partial charge in [0.1, 0.15) is 12.1 Å². The van der Waals surface area contributed by atoms with Gasteiger partial charge in [-0.1, -0.05) is 48.0 Å². The maximum absolute atomic E-state index is 13.0. The highest BCUT2D eigenvalue weighted by Gasteiger charge is 2.43. The monoisotopic (exact) mass is 479 g/mol. The number of nitrogens with zero attached hydrogens (tertiary/aromatic N) is 4. The number of nitrogens with one attached hydrogen (secondary N) is 1. The number of rotatable bonds is 7. The van der Waals surface area contributed by atoms with E-state index in [1.54, 1.807) is 9.58 Å². The van der Waals surface area contributed by atoms with Gasteiger partial charge in [-0.2, -0.15) is 5.10 Å². The number of carbonyl (C=O) groups excluding carboxylic acids is 2. The summed E-state index contributed by atoms with van der Waals surface area (Å²) in [6.07, 6.45) is 3.78. The molecule has 2 atom stereocenters. The van der Waals surface area contributed by atoms with Crippen molar-refractivity contribution >= 4 is 23.4 Å². The zero-order valence-corrected chi connectivity index (χ0v) is 19.4. The Bertz CT molecular complexity index is 1170. The van der Waals surface area contributed by atoms with Gasteiger partial charge in [-0.3, -0.25) is 14.5 Å². The zero-order chi connectivity index (χ0) is 23.5. The molecule has 9 heteroatoms. The first kappa shape index (κ1) is 22.6. The van der Waals surface area contributed by atoms with Crippen molar-refractivity contribution in [3.8, 4) is 5.69 Å². The van der Waals surface area contributed by atoms with Crippen LogP contribution in [-0.2, 0) is 27.5 Å². The molecule has 3 aromatic rings. The van der Waals surface area contributed by atoms with Gasteiger partial charge >= 0.3 is 0 Å². The topological polar surface area (TPSA) is 79.7 Å². The summed E-state index contributed by atoms with van der Waals surface area (Å²) >= 11 is 6.09. The second-order valence-corrected chi connectivity index (χ2v) is 9.05. The van der Waals surface area contributed by atoms with Crippen LogP contribution in [0.2, 0.25) is 5.02 Å². The van der Waals surface area contributed by atoms with E-state index in [-0.39, 0.29) is 18.4 Å². The molecule has 0 radical (unpaired) electrons. The van der Waals surface area contributed by atoms with Crippen molar-refractivity contribution in [3.63, 3.8) is 0 Å².